The molecule has 2 heterocycles. The molecule has 1 aliphatic rings. The first-order chi connectivity index (χ1) is 9.24. The Hall–Kier alpha value is -1.62. The fourth-order valence-corrected chi connectivity index (χ4v) is 2.81. The average molecular weight is 320 g/mol. The number of aromatic amines is 1. The maximum absolute atomic E-state index is 11.7. The molecule has 19 heavy (non-hydrogen) atoms. The summed E-state index contributed by atoms with van der Waals surface area (Å²) in [6.07, 6.45) is 3.14. The number of rotatable bonds is 1. The number of nitrogens with zero attached hydrogens (tertiary/aromatic N) is 1. The van der Waals surface area contributed by atoms with Gasteiger partial charge in [0, 0.05) is 16.6 Å². The summed E-state index contributed by atoms with van der Waals surface area (Å²) in [5.74, 6) is 0.733. The van der Waals surface area contributed by atoms with Gasteiger partial charge in [0.2, 0.25) is 0 Å². The lowest BCUT2D eigenvalue weighted by Crippen LogP contribution is -2.17. The molecule has 0 saturated carbocycles. The van der Waals surface area contributed by atoms with Crippen LogP contribution in [0, 0.1) is 0 Å². The minimum Gasteiger partial charge on any atom is -0.370 e. The van der Waals surface area contributed by atoms with Gasteiger partial charge in [0.1, 0.15) is 5.82 Å². The Bertz CT molecular complexity index is 666. The van der Waals surface area contributed by atoms with Crippen LogP contribution in [-0.4, -0.2) is 16.5 Å². The van der Waals surface area contributed by atoms with E-state index in [1.165, 1.54) is 0 Å². The van der Waals surface area contributed by atoms with Gasteiger partial charge < -0.3 is 10.3 Å². The molecule has 0 fully saturated rings. The molecule has 3 rings (SSSR count). The van der Waals surface area contributed by atoms with Gasteiger partial charge in [-0.25, -0.2) is 4.79 Å². The van der Waals surface area contributed by atoms with Crippen molar-refractivity contribution >= 4 is 21.7 Å². The molecule has 5 heteroatoms. The molecule has 0 saturated heterocycles. The van der Waals surface area contributed by atoms with Gasteiger partial charge in [-0.1, -0.05) is 28.1 Å². The summed E-state index contributed by atoms with van der Waals surface area (Å²) in [5.41, 5.74) is 2.69. The molecule has 0 radical (unpaired) electrons. The van der Waals surface area contributed by atoms with Crippen molar-refractivity contribution in [2.75, 3.05) is 11.9 Å². The Morgan fingerprint density at radius 2 is 2.16 bits per heavy atom. The van der Waals surface area contributed by atoms with Crippen molar-refractivity contribution in [2.45, 2.75) is 19.3 Å². The number of nitrogens with one attached hydrogen (secondary N) is 2. The third-order valence-electron chi connectivity index (χ3n) is 3.29. The minimum absolute atomic E-state index is 0.303. The first-order valence-electron chi connectivity index (χ1n) is 6.37. The molecule has 2 aromatic rings. The maximum atomic E-state index is 11.7. The predicted octanol–water partition coefficient (Wildman–Crippen LogP) is 2.95. The first kappa shape index (κ1) is 12.4. The standard InChI is InChI=1S/C14H14BrN3O/c15-10-5-3-4-9(8-10)12-11-6-1-2-7-16-13(11)18-14(19)17-12/h3-5,8H,1-2,6-7H2,(H2,16,17,18,19). The summed E-state index contributed by atoms with van der Waals surface area (Å²) < 4.78 is 0.998. The highest BCUT2D eigenvalue weighted by Gasteiger charge is 2.16. The normalized spacial score (nSPS) is 14.4. The van der Waals surface area contributed by atoms with Crippen LogP contribution in [0.3, 0.4) is 0 Å². The Labute approximate surface area is 119 Å². The van der Waals surface area contributed by atoms with E-state index >= 15 is 0 Å². The van der Waals surface area contributed by atoms with Gasteiger partial charge in [-0.3, -0.25) is 0 Å². The second-order valence-corrected chi connectivity index (χ2v) is 5.55. The molecule has 1 aromatic carbocycles. The fourth-order valence-electron chi connectivity index (χ4n) is 2.41. The number of H-pyrrole nitrogens is 1. The van der Waals surface area contributed by atoms with E-state index in [-0.39, 0.29) is 5.69 Å². The Morgan fingerprint density at radius 3 is 3.00 bits per heavy atom. The average Bonchev–Trinajstić information content (AvgIpc) is 2.63. The maximum Gasteiger partial charge on any atom is 0.347 e. The highest BCUT2D eigenvalue weighted by Crippen LogP contribution is 2.29. The topological polar surface area (TPSA) is 57.8 Å². The third-order valence-corrected chi connectivity index (χ3v) is 3.79. The number of anilines is 1. The molecular formula is C14H14BrN3O. The molecular weight excluding hydrogens is 306 g/mol. The quantitative estimate of drug-likeness (QED) is 0.849. The van der Waals surface area contributed by atoms with Crippen LogP contribution in [0.4, 0.5) is 5.82 Å². The molecule has 0 spiro atoms. The molecule has 1 aliphatic heterocycles. The van der Waals surface area contributed by atoms with Crippen molar-refractivity contribution < 1.29 is 0 Å². The molecule has 4 nitrogen and oxygen atoms in total. The summed E-state index contributed by atoms with van der Waals surface area (Å²) in [6.45, 7) is 0.876. The van der Waals surface area contributed by atoms with Gasteiger partial charge in [-0.2, -0.15) is 4.98 Å². The Morgan fingerprint density at radius 1 is 1.26 bits per heavy atom. The van der Waals surface area contributed by atoms with Crippen molar-refractivity contribution in [3.8, 4) is 11.3 Å². The monoisotopic (exact) mass is 319 g/mol. The zero-order valence-electron chi connectivity index (χ0n) is 10.4. The predicted molar refractivity (Wildman–Crippen MR) is 79.4 cm³/mol. The second-order valence-electron chi connectivity index (χ2n) is 4.64. The number of hydrogen-bond acceptors (Lipinski definition) is 3. The van der Waals surface area contributed by atoms with Crippen molar-refractivity contribution in [3.63, 3.8) is 0 Å². The number of halogens is 1. The highest BCUT2D eigenvalue weighted by atomic mass is 79.9. The number of fused-ring (bicyclic) bond motifs is 1. The Balaban J connectivity index is 2.20. The minimum atomic E-state index is -0.303. The van der Waals surface area contributed by atoms with Crippen LogP contribution in [0.15, 0.2) is 33.5 Å². The first-order valence-corrected chi connectivity index (χ1v) is 7.16. The van der Waals surface area contributed by atoms with Crippen LogP contribution in [0.1, 0.15) is 18.4 Å². The number of benzene rings is 1. The van der Waals surface area contributed by atoms with Crippen molar-refractivity contribution in [3.05, 3.63) is 44.8 Å². The molecule has 0 aliphatic carbocycles. The third kappa shape index (κ3) is 2.56. The summed E-state index contributed by atoms with van der Waals surface area (Å²) >= 11 is 3.47. The lowest BCUT2D eigenvalue weighted by atomic mass is 10.0. The summed E-state index contributed by atoms with van der Waals surface area (Å²) in [4.78, 5) is 18.6. The molecule has 98 valence electrons. The van der Waals surface area contributed by atoms with Gasteiger partial charge >= 0.3 is 5.69 Å². The van der Waals surface area contributed by atoms with E-state index < -0.39 is 0 Å². The second kappa shape index (κ2) is 5.17. The zero-order valence-corrected chi connectivity index (χ0v) is 12.0. The van der Waals surface area contributed by atoms with E-state index in [0.717, 1.165) is 52.9 Å². The molecule has 0 amide bonds. The van der Waals surface area contributed by atoms with E-state index in [0.29, 0.717) is 0 Å². The molecule has 0 unspecified atom stereocenters. The molecule has 0 atom stereocenters. The van der Waals surface area contributed by atoms with Crippen LogP contribution in [0.5, 0.6) is 0 Å². The van der Waals surface area contributed by atoms with Crippen LogP contribution in [0.25, 0.3) is 11.3 Å². The van der Waals surface area contributed by atoms with E-state index in [2.05, 4.69) is 31.2 Å². The van der Waals surface area contributed by atoms with E-state index in [4.69, 9.17) is 0 Å². The van der Waals surface area contributed by atoms with Gasteiger partial charge in [0.05, 0.1) is 5.69 Å². The van der Waals surface area contributed by atoms with Crippen LogP contribution in [0.2, 0.25) is 0 Å². The fraction of sp³-hybridized carbons (Fsp3) is 0.286. The van der Waals surface area contributed by atoms with Gasteiger partial charge in [0.25, 0.3) is 0 Å². The van der Waals surface area contributed by atoms with Crippen molar-refractivity contribution in [1.82, 2.24) is 9.97 Å². The molecule has 2 N–H and O–H groups in total. The van der Waals surface area contributed by atoms with Crippen LogP contribution in [-0.2, 0) is 6.42 Å². The van der Waals surface area contributed by atoms with Crippen LogP contribution < -0.4 is 11.0 Å². The number of aromatic nitrogens is 2. The van der Waals surface area contributed by atoms with E-state index in [1.54, 1.807) is 0 Å². The summed E-state index contributed by atoms with van der Waals surface area (Å²) in [7, 11) is 0. The van der Waals surface area contributed by atoms with Gasteiger partial charge in [-0.05, 0) is 37.0 Å². The largest absolute Gasteiger partial charge is 0.370 e. The van der Waals surface area contributed by atoms with Gasteiger partial charge in [0.15, 0.2) is 0 Å². The molecule has 1 aromatic heterocycles. The van der Waals surface area contributed by atoms with E-state index in [9.17, 15) is 4.79 Å². The number of hydrogen-bond donors (Lipinski definition) is 2. The van der Waals surface area contributed by atoms with Crippen molar-refractivity contribution in [1.29, 1.82) is 0 Å². The molecule has 0 bridgehead atoms. The van der Waals surface area contributed by atoms with Crippen molar-refractivity contribution in [2.24, 2.45) is 0 Å². The summed E-state index contributed by atoms with van der Waals surface area (Å²) in [5, 5.41) is 3.25. The lowest BCUT2D eigenvalue weighted by Gasteiger charge is -2.11. The van der Waals surface area contributed by atoms with Gasteiger partial charge in [-0.15, -0.1) is 0 Å². The zero-order chi connectivity index (χ0) is 13.2. The summed E-state index contributed by atoms with van der Waals surface area (Å²) in [6, 6.07) is 7.95. The smallest absolute Gasteiger partial charge is 0.347 e. The Kier molecular flexibility index (Phi) is 3.38. The highest BCUT2D eigenvalue weighted by molar-refractivity contribution is 9.10. The van der Waals surface area contributed by atoms with E-state index in [1.807, 2.05) is 24.3 Å². The lowest BCUT2D eigenvalue weighted by molar-refractivity contribution is 0.785. The SMILES string of the molecule is O=c1nc2c(c(-c3cccc(Br)c3)[nH]1)CCCCN2. The van der Waals surface area contributed by atoms with Crippen LogP contribution >= 0.6 is 15.9 Å².